The van der Waals surface area contributed by atoms with Crippen molar-refractivity contribution in [2.24, 2.45) is 0 Å². The zero-order valence-corrected chi connectivity index (χ0v) is 16.7. The molecule has 0 aliphatic heterocycles. The van der Waals surface area contributed by atoms with Crippen molar-refractivity contribution in [2.75, 3.05) is 0 Å². The van der Waals surface area contributed by atoms with Crippen LogP contribution >= 0.6 is 0 Å². The van der Waals surface area contributed by atoms with Crippen molar-refractivity contribution in [3.05, 3.63) is 132 Å². The lowest BCUT2D eigenvalue weighted by Gasteiger charge is -2.09. The summed E-state index contributed by atoms with van der Waals surface area (Å²) in [6, 6.07) is 38.5. The van der Waals surface area contributed by atoms with Gasteiger partial charge in [0, 0.05) is 5.57 Å². The van der Waals surface area contributed by atoms with Gasteiger partial charge >= 0.3 is 0 Å². The fraction of sp³-hybridized carbons (Fsp3) is 0.0690. The quantitative estimate of drug-likeness (QED) is 0.311. The Bertz CT molecular complexity index is 1030. The average molecular weight is 373 g/mol. The maximum absolute atomic E-state index is 3.51. The van der Waals surface area contributed by atoms with Crippen molar-refractivity contribution in [1.82, 2.24) is 0 Å². The molecule has 0 N–H and O–H groups in total. The highest BCUT2D eigenvalue weighted by Gasteiger charge is 2.06. The largest absolute Gasteiger partial charge is 0.116 e. The van der Waals surface area contributed by atoms with Crippen LogP contribution in [0.4, 0.5) is 0 Å². The Morgan fingerprint density at radius 1 is 0.552 bits per heavy atom. The third-order valence-corrected chi connectivity index (χ3v) is 5.01. The van der Waals surface area contributed by atoms with Crippen LogP contribution in [0.1, 0.15) is 24.5 Å². The minimum atomic E-state index is 0.966. The monoisotopic (exact) mass is 372 g/mol. The number of hydrogen-bond donors (Lipinski definition) is 0. The van der Waals surface area contributed by atoms with E-state index in [0.29, 0.717) is 0 Å². The Morgan fingerprint density at radius 2 is 0.931 bits per heavy atom. The van der Waals surface area contributed by atoms with Gasteiger partial charge in [-0.25, -0.2) is 0 Å². The molecule has 4 rings (SSSR count). The van der Waals surface area contributed by atoms with Crippen molar-refractivity contribution in [2.45, 2.75) is 13.3 Å². The third-order valence-electron chi connectivity index (χ3n) is 5.01. The molecule has 0 nitrogen and oxygen atoms in total. The lowest BCUT2D eigenvalue weighted by atomic mass is 9.94. The molecule has 140 valence electrons. The standard InChI is InChI=1S/C29H24/c1-2-3-14-29(27-19-15-25(16-20-27)23-10-6-4-7-11-23)28-21-17-26(18-22-28)24-12-8-5-9-13-24/h3-13,15-22H,2H2,1H3. The van der Waals surface area contributed by atoms with Gasteiger partial charge in [-0.1, -0.05) is 116 Å². The predicted octanol–water partition coefficient (Wildman–Crippen LogP) is 8.02. The molecule has 0 saturated carbocycles. The minimum absolute atomic E-state index is 0.966. The topological polar surface area (TPSA) is 0 Å². The van der Waals surface area contributed by atoms with E-state index in [1.165, 1.54) is 33.4 Å². The molecule has 29 heavy (non-hydrogen) atoms. The van der Waals surface area contributed by atoms with Crippen molar-refractivity contribution in [3.63, 3.8) is 0 Å². The van der Waals surface area contributed by atoms with Gasteiger partial charge in [-0.05, 0) is 45.9 Å². The van der Waals surface area contributed by atoms with Gasteiger partial charge in [0.05, 0.1) is 0 Å². The van der Waals surface area contributed by atoms with E-state index >= 15 is 0 Å². The summed E-state index contributed by atoms with van der Waals surface area (Å²) in [5.74, 6) is 0. The van der Waals surface area contributed by atoms with Gasteiger partial charge in [-0.15, -0.1) is 5.73 Å². The molecule has 4 aromatic rings. The molecule has 0 atom stereocenters. The van der Waals surface area contributed by atoms with Crippen molar-refractivity contribution < 1.29 is 0 Å². The maximum atomic E-state index is 3.51. The Hall–Kier alpha value is -3.60. The SMILES string of the molecule is CCC=C=C(c1ccc(-c2ccccc2)cc1)c1ccc(-c2ccccc2)cc1. The fourth-order valence-electron chi connectivity index (χ4n) is 3.46. The first-order valence-corrected chi connectivity index (χ1v) is 10.1. The Morgan fingerprint density at radius 3 is 1.31 bits per heavy atom. The van der Waals surface area contributed by atoms with Crippen molar-refractivity contribution in [1.29, 1.82) is 0 Å². The summed E-state index contributed by atoms with van der Waals surface area (Å²) in [4.78, 5) is 0. The van der Waals surface area contributed by atoms with Crippen LogP contribution in [0.5, 0.6) is 0 Å². The van der Waals surface area contributed by atoms with Crippen LogP contribution in [0.2, 0.25) is 0 Å². The first-order valence-electron chi connectivity index (χ1n) is 10.1. The lowest BCUT2D eigenvalue weighted by molar-refractivity contribution is 1.23. The number of allylic oxidation sites excluding steroid dienone is 1. The summed E-state index contributed by atoms with van der Waals surface area (Å²) in [6.45, 7) is 2.14. The molecular formula is C29H24. The molecule has 0 saturated heterocycles. The molecule has 0 amide bonds. The molecular weight excluding hydrogens is 348 g/mol. The van der Waals surface area contributed by atoms with Crippen LogP contribution in [-0.2, 0) is 0 Å². The van der Waals surface area contributed by atoms with Crippen LogP contribution in [0.15, 0.2) is 121 Å². The Labute approximate surface area is 173 Å². The van der Waals surface area contributed by atoms with Gasteiger partial charge in [0.2, 0.25) is 0 Å². The van der Waals surface area contributed by atoms with E-state index in [1.807, 2.05) is 12.1 Å². The summed E-state index contributed by atoms with van der Waals surface area (Å²) in [7, 11) is 0. The molecule has 0 heteroatoms. The fourth-order valence-corrected chi connectivity index (χ4v) is 3.46. The highest BCUT2D eigenvalue weighted by molar-refractivity contribution is 5.81. The van der Waals surface area contributed by atoms with Crippen LogP contribution in [0.3, 0.4) is 0 Å². The summed E-state index contributed by atoms with van der Waals surface area (Å²) in [5.41, 5.74) is 11.9. The molecule has 0 radical (unpaired) electrons. The summed E-state index contributed by atoms with van der Waals surface area (Å²) < 4.78 is 0. The van der Waals surface area contributed by atoms with E-state index in [2.05, 4.69) is 116 Å². The lowest BCUT2D eigenvalue weighted by Crippen LogP contribution is -1.88. The second-order valence-electron chi connectivity index (χ2n) is 7.02. The molecule has 0 bridgehead atoms. The van der Waals surface area contributed by atoms with E-state index in [4.69, 9.17) is 0 Å². The van der Waals surface area contributed by atoms with E-state index in [0.717, 1.165) is 12.0 Å². The molecule has 0 spiro atoms. The summed E-state index contributed by atoms with van der Waals surface area (Å²) >= 11 is 0. The highest BCUT2D eigenvalue weighted by atomic mass is 14.1. The van der Waals surface area contributed by atoms with E-state index in [1.54, 1.807) is 0 Å². The number of rotatable bonds is 5. The zero-order chi connectivity index (χ0) is 19.9. The van der Waals surface area contributed by atoms with Gasteiger partial charge in [-0.3, -0.25) is 0 Å². The van der Waals surface area contributed by atoms with E-state index in [9.17, 15) is 0 Å². The highest BCUT2D eigenvalue weighted by Crippen LogP contribution is 2.28. The summed E-state index contributed by atoms with van der Waals surface area (Å²) in [6.07, 6.45) is 3.07. The molecule has 0 heterocycles. The molecule has 0 fully saturated rings. The molecule has 0 aromatic heterocycles. The Kier molecular flexibility index (Phi) is 5.86. The molecule has 4 aromatic carbocycles. The number of benzene rings is 4. The predicted molar refractivity (Wildman–Crippen MR) is 125 cm³/mol. The van der Waals surface area contributed by atoms with Gasteiger partial charge < -0.3 is 0 Å². The molecule has 0 aliphatic rings. The van der Waals surface area contributed by atoms with Crippen molar-refractivity contribution in [3.8, 4) is 22.3 Å². The maximum Gasteiger partial charge on any atom is 0.0306 e. The Balaban J connectivity index is 1.68. The zero-order valence-electron chi connectivity index (χ0n) is 16.7. The van der Waals surface area contributed by atoms with E-state index < -0.39 is 0 Å². The van der Waals surface area contributed by atoms with Crippen molar-refractivity contribution >= 4 is 5.57 Å². The molecule has 0 unspecified atom stereocenters. The van der Waals surface area contributed by atoms with Gasteiger partial charge in [0.15, 0.2) is 0 Å². The smallest absolute Gasteiger partial charge is 0.0306 e. The van der Waals surface area contributed by atoms with Gasteiger partial charge in [0.25, 0.3) is 0 Å². The normalized spacial score (nSPS) is 10.2. The van der Waals surface area contributed by atoms with Crippen LogP contribution in [0.25, 0.3) is 27.8 Å². The van der Waals surface area contributed by atoms with Crippen LogP contribution < -0.4 is 0 Å². The van der Waals surface area contributed by atoms with Crippen LogP contribution in [-0.4, -0.2) is 0 Å². The first-order chi connectivity index (χ1) is 14.3. The average Bonchev–Trinajstić information content (AvgIpc) is 2.81. The minimum Gasteiger partial charge on any atom is -0.116 e. The van der Waals surface area contributed by atoms with Gasteiger partial charge in [0.1, 0.15) is 0 Å². The van der Waals surface area contributed by atoms with Crippen LogP contribution in [0, 0.1) is 0 Å². The van der Waals surface area contributed by atoms with E-state index in [-0.39, 0.29) is 0 Å². The summed E-state index contributed by atoms with van der Waals surface area (Å²) in [5, 5.41) is 0. The first kappa shape index (κ1) is 18.7. The van der Waals surface area contributed by atoms with Gasteiger partial charge in [-0.2, -0.15) is 0 Å². The second kappa shape index (κ2) is 9.06. The molecule has 0 aliphatic carbocycles. The second-order valence-corrected chi connectivity index (χ2v) is 7.02. The third kappa shape index (κ3) is 4.46. The number of hydrogen-bond acceptors (Lipinski definition) is 0.